The van der Waals surface area contributed by atoms with Crippen LogP contribution in [0.1, 0.15) is 136 Å². The first-order valence-electron chi connectivity index (χ1n) is 18.8. The second-order valence-corrected chi connectivity index (χ2v) is 13.8. The molecule has 3 unspecified atom stereocenters. The van der Waals surface area contributed by atoms with E-state index in [-0.39, 0.29) is 12.8 Å². The van der Waals surface area contributed by atoms with E-state index in [1.807, 2.05) is 6.08 Å². The number of unbranched alkanes of at least 4 members (excludes halogenated alkanes) is 10. The Morgan fingerprint density at radius 2 is 1.14 bits per heavy atom. The van der Waals surface area contributed by atoms with Crippen molar-refractivity contribution < 1.29 is 47.8 Å². The monoisotopic (exact) mass is 739 g/mol. The van der Waals surface area contributed by atoms with Crippen molar-refractivity contribution in [2.45, 2.75) is 148 Å². The van der Waals surface area contributed by atoms with E-state index in [1.54, 1.807) is 0 Å². The minimum absolute atomic E-state index is 0.0899. The number of aliphatic carboxylic acids is 1. The summed E-state index contributed by atoms with van der Waals surface area (Å²) >= 11 is 0. The van der Waals surface area contributed by atoms with Crippen molar-refractivity contribution in [2.75, 3.05) is 19.8 Å². The van der Waals surface area contributed by atoms with E-state index in [0.717, 1.165) is 77.0 Å². The highest BCUT2D eigenvalue weighted by Crippen LogP contribution is 2.43. The van der Waals surface area contributed by atoms with Crippen LogP contribution in [0.4, 0.5) is 0 Å². The summed E-state index contributed by atoms with van der Waals surface area (Å²) in [4.78, 5) is 45.7. The third kappa shape index (κ3) is 34.1. The average molecular weight is 740 g/mol. The molecule has 3 atom stereocenters. The van der Waals surface area contributed by atoms with Gasteiger partial charge in [0.1, 0.15) is 12.7 Å². The summed E-state index contributed by atoms with van der Waals surface area (Å²) in [6, 6.07) is -1.57. The Morgan fingerprint density at radius 1 is 0.647 bits per heavy atom. The van der Waals surface area contributed by atoms with Crippen LogP contribution in [-0.4, -0.2) is 64.9 Å². The number of nitrogens with one attached hydrogen (secondary N) is 1. The predicted molar refractivity (Wildman–Crippen MR) is 203 cm³/mol. The summed E-state index contributed by atoms with van der Waals surface area (Å²) in [5, 5.41) is 21.7. The third-order valence-electron chi connectivity index (χ3n) is 7.54. The van der Waals surface area contributed by atoms with Crippen molar-refractivity contribution in [3.05, 3.63) is 60.8 Å². The van der Waals surface area contributed by atoms with Crippen molar-refractivity contribution in [1.82, 2.24) is 5.32 Å². The number of allylic oxidation sites excluding steroid dienone is 10. The minimum Gasteiger partial charge on any atom is -0.480 e. The third-order valence-corrected chi connectivity index (χ3v) is 8.49. The molecule has 0 aromatic carbocycles. The SMILES string of the molecule is CC/C=C\C/C=C\C/C=C\C/C=C\CCCCC(=O)NC(COP(=O)(O)OCC(O)COC(=O)CCCCCCC/C=C\CCCCC)C(=O)O. The van der Waals surface area contributed by atoms with E-state index in [9.17, 15) is 34.1 Å². The average Bonchev–Trinajstić information content (AvgIpc) is 3.10. The molecule has 0 aromatic rings. The van der Waals surface area contributed by atoms with Crippen LogP contribution in [0.15, 0.2) is 60.8 Å². The van der Waals surface area contributed by atoms with Gasteiger partial charge in [-0.15, -0.1) is 0 Å². The van der Waals surface area contributed by atoms with E-state index in [1.165, 1.54) is 19.3 Å². The molecule has 0 saturated heterocycles. The van der Waals surface area contributed by atoms with Crippen LogP contribution in [0.5, 0.6) is 0 Å². The van der Waals surface area contributed by atoms with Gasteiger partial charge in [0.25, 0.3) is 0 Å². The minimum atomic E-state index is -4.76. The first-order valence-corrected chi connectivity index (χ1v) is 20.3. The maximum Gasteiger partial charge on any atom is 0.472 e. The molecule has 0 saturated carbocycles. The number of carboxylic acid groups (broad SMARTS) is 1. The Bertz CT molecular complexity index is 1100. The van der Waals surface area contributed by atoms with Gasteiger partial charge in [-0.25, -0.2) is 9.36 Å². The second kappa shape index (κ2) is 34.3. The molecule has 0 bridgehead atoms. The number of carbonyl (C=O) groups is 3. The molecule has 0 heterocycles. The van der Waals surface area contributed by atoms with Crippen LogP contribution in [0.2, 0.25) is 0 Å². The Balaban J connectivity index is 4.07. The summed E-state index contributed by atoms with van der Waals surface area (Å²) in [6.45, 7) is 2.37. The van der Waals surface area contributed by atoms with Crippen molar-refractivity contribution in [3.63, 3.8) is 0 Å². The number of hydrogen-bond donors (Lipinski definition) is 4. The van der Waals surface area contributed by atoms with E-state index in [0.29, 0.717) is 12.8 Å². The van der Waals surface area contributed by atoms with E-state index < -0.39 is 57.6 Å². The lowest BCUT2D eigenvalue weighted by Gasteiger charge is -2.18. The molecule has 12 heteroatoms. The quantitative estimate of drug-likeness (QED) is 0.0217. The second-order valence-electron chi connectivity index (χ2n) is 12.4. The van der Waals surface area contributed by atoms with E-state index in [2.05, 4.69) is 73.8 Å². The number of esters is 1. The number of aliphatic hydroxyl groups excluding tert-OH is 1. The highest BCUT2D eigenvalue weighted by molar-refractivity contribution is 7.47. The van der Waals surface area contributed by atoms with Crippen LogP contribution >= 0.6 is 7.82 Å². The highest BCUT2D eigenvalue weighted by Gasteiger charge is 2.28. The molecule has 0 aliphatic rings. The normalized spacial score (nSPS) is 14.6. The first-order chi connectivity index (χ1) is 24.6. The molecule has 0 rings (SSSR count). The van der Waals surface area contributed by atoms with Crippen LogP contribution in [-0.2, 0) is 32.7 Å². The topological polar surface area (TPSA) is 169 Å². The summed E-state index contributed by atoms with van der Waals surface area (Å²) < 4.78 is 26.7. The van der Waals surface area contributed by atoms with Crippen LogP contribution in [0, 0.1) is 0 Å². The van der Waals surface area contributed by atoms with Gasteiger partial charge in [-0.05, 0) is 77.0 Å². The zero-order valence-electron chi connectivity index (χ0n) is 31.1. The van der Waals surface area contributed by atoms with Crippen molar-refractivity contribution in [2.24, 2.45) is 0 Å². The Labute approximate surface area is 306 Å². The molecule has 292 valence electrons. The first kappa shape index (κ1) is 48.2. The molecule has 51 heavy (non-hydrogen) atoms. The fourth-order valence-electron chi connectivity index (χ4n) is 4.59. The molecule has 11 nitrogen and oxygen atoms in total. The summed E-state index contributed by atoms with van der Waals surface area (Å²) in [5.41, 5.74) is 0. The lowest BCUT2D eigenvalue weighted by molar-refractivity contribution is -0.147. The number of rotatable bonds is 34. The summed E-state index contributed by atoms with van der Waals surface area (Å²) in [7, 11) is -4.76. The van der Waals surface area contributed by atoms with Gasteiger partial charge in [0, 0.05) is 12.8 Å². The number of ether oxygens (including phenoxy) is 1. The summed E-state index contributed by atoms with van der Waals surface area (Å²) in [6.07, 6.45) is 36.9. The number of carbonyl (C=O) groups excluding carboxylic acids is 2. The number of carboxylic acids is 1. The molecule has 0 aliphatic heterocycles. The van der Waals surface area contributed by atoms with E-state index in [4.69, 9.17) is 13.8 Å². The molecule has 4 N–H and O–H groups in total. The van der Waals surface area contributed by atoms with Gasteiger partial charge in [-0.2, -0.15) is 0 Å². The molecule has 0 aliphatic carbocycles. The number of phosphoric ester groups is 1. The molecular formula is C39H66NO10P. The Morgan fingerprint density at radius 3 is 1.75 bits per heavy atom. The lowest BCUT2D eigenvalue weighted by Crippen LogP contribution is -2.43. The maximum absolute atomic E-state index is 12.2. The van der Waals surface area contributed by atoms with Crippen LogP contribution < -0.4 is 5.32 Å². The van der Waals surface area contributed by atoms with Crippen molar-refractivity contribution in [1.29, 1.82) is 0 Å². The van der Waals surface area contributed by atoms with E-state index >= 15 is 0 Å². The summed E-state index contributed by atoms with van der Waals surface area (Å²) in [5.74, 6) is -2.45. The van der Waals surface area contributed by atoms with Crippen molar-refractivity contribution in [3.8, 4) is 0 Å². The Kier molecular flexibility index (Phi) is 32.4. The maximum atomic E-state index is 12.2. The molecule has 1 amide bonds. The molecule has 0 fully saturated rings. The van der Waals surface area contributed by atoms with Gasteiger partial charge in [0.05, 0.1) is 13.2 Å². The molecule has 0 spiro atoms. The van der Waals surface area contributed by atoms with Gasteiger partial charge in [-0.3, -0.25) is 18.6 Å². The molecule has 0 aromatic heterocycles. The van der Waals surface area contributed by atoms with Gasteiger partial charge in [0.15, 0.2) is 6.04 Å². The van der Waals surface area contributed by atoms with Gasteiger partial charge in [-0.1, -0.05) is 107 Å². The zero-order valence-corrected chi connectivity index (χ0v) is 32.0. The predicted octanol–water partition coefficient (Wildman–Crippen LogP) is 8.83. The zero-order chi connectivity index (χ0) is 37.8. The number of amides is 1. The highest BCUT2D eigenvalue weighted by atomic mass is 31.2. The van der Waals surface area contributed by atoms with Gasteiger partial charge >= 0.3 is 19.8 Å². The van der Waals surface area contributed by atoms with Gasteiger partial charge < -0.3 is 25.2 Å². The Hall–Kier alpha value is -2.82. The molecule has 0 radical (unpaired) electrons. The number of phosphoric acid groups is 1. The molecular weight excluding hydrogens is 673 g/mol. The number of aliphatic hydroxyl groups is 1. The largest absolute Gasteiger partial charge is 0.480 e. The fourth-order valence-corrected chi connectivity index (χ4v) is 5.36. The van der Waals surface area contributed by atoms with Crippen LogP contribution in [0.25, 0.3) is 0 Å². The standard InChI is InChI=1S/C39H66NO10P/c1-3-5-7-9-11-13-15-17-18-19-20-22-24-26-28-30-37(42)40-36(39(44)45)34-50-51(46,47)49-33-35(41)32-48-38(43)31-29-27-25-23-21-16-14-12-10-8-6-4-2/h5,7,11-14,17-18,20,22,35-36,41H,3-4,6,8-10,15-16,19,21,23-34H2,1-2H3,(H,40,42)(H,44,45)(H,46,47)/b7-5-,13-11-,14-12-,18-17-,22-20-. The van der Waals surface area contributed by atoms with Gasteiger partial charge in [0.2, 0.25) is 5.91 Å². The smallest absolute Gasteiger partial charge is 0.472 e. The fraction of sp³-hybridized carbons (Fsp3) is 0.667. The number of hydrogen-bond acceptors (Lipinski definition) is 8. The van der Waals surface area contributed by atoms with Crippen molar-refractivity contribution >= 4 is 25.7 Å². The lowest BCUT2D eigenvalue weighted by atomic mass is 10.1. The van der Waals surface area contributed by atoms with Crippen LogP contribution in [0.3, 0.4) is 0 Å².